The van der Waals surface area contributed by atoms with Gasteiger partial charge in [-0.15, -0.1) is 0 Å². The third kappa shape index (κ3) is 4.02. The van der Waals surface area contributed by atoms with Crippen LogP contribution < -0.4 is 10.6 Å². The van der Waals surface area contributed by atoms with Crippen LogP contribution in [0.4, 0.5) is 5.69 Å². The summed E-state index contributed by atoms with van der Waals surface area (Å²) in [5, 5.41) is 8.05. The first kappa shape index (κ1) is 20.7. The van der Waals surface area contributed by atoms with E-state index in [1.807, 2.05) is 6.07 Å². The molecule has 0 atom stereocenters. The van der Waals surface area contributed by atoms with Crippen molar-refractivity contribution in [2.24, 2.45) is 12.1 Å². The van der Waals surface area contributed by atoms with Gasteiger partial charge in [0.15, 0.2) is 11.6 Å². The molecule has 1 aromatic carbocycles. The van der Waals surface area contributed by atoms with Gasteiger partial charge in [-0.3, -0.25) is 29.0 Å². The molecular weight excluding hydrogens is 384 g/mol. The van der Waals surface area contributed by atoms with Gasteiger partial charge in [0, 0.05) is 20.9 Å². The Morgan fingerprint density at radius 3 is 2.33 bits per heavy atom. The quantitative estimate of drug-likeness (QED) is 0.453. The minimum absolute atomic E-state index is 0.0795. The lowest BCUT2D eigenvalue weighted by atomic mass is 10.1. The molecule has 0 radical (unpaired) electrons. The number of aromatic amines is 1. The van der Waals surface area contributed by atoms with Crippen molar-refractivity contribution in [3.63, 3.8) is 0 Å². The van der Waals surface area contributed by atoms with E-state index in [0.29, 0.717) is 5.69 Å². The number of benzene rings is 1. The number of ketones is 2. The maximum atomic E-state index is 12.7. The summed E-state index contributed by atoms with van der Waals surface area (Å²) in [6, 6.07) is 8.83. The van der Waals surface area contributed by atoms with Gasteiger partial charge < -0.3 is 0 Å². The SMILES string of the molecule is CC(=O)C1=NN(c2ccccc2)C(=O)C1=CC=CC=Cc1c(C(C)=O)[nH]n(C)c1=O. The first-order valence-corrected chi connectivity index (χ1v) is 9.15. The number of hydrogen-bond acceptors (Lipinski definition) is 5. The van der Waals surface area contributed by atoms with E-state index >= 15 is 0 Å². The van der Waals surface area contributed by atoms with Crippen molar-refractivity contribution >= 4 is 34.9 Å². The van der Waals surface area contributed by atoms with Gasteiger partial charge >= 0.3 is 0 Å². The molecule has 0 bridgehead atoms. The van der Waals surface area contributed by atoms with E-state index in [2.05, 4.69) is 10.2 Å². The van der Waals surface area contributed by atoms with Gasteiger partial charge in [-0.2, -0.15) is 10.1 Å². The number of hydrazone groups is 1. The molecule has 1 aliphatic heterocycles. The van der Waals surface area contributed by atoms with Crippen LogP contribution in [0.25, 0.3) is 6.08 Å². The third-order valence-electron chi connectivity index (χ3n) is 4.40. The number of carbonyl (C=O) groups excluding carboxylic acids is 3. The first-order valence-electron chi connectivity index (χ1n) is 9.15. The average Bonchev–Trinajstić information content (AvgIpc) is 3.20. The highest BCUT2D eigenvalue weighted by atomic mass is 16.2. The number of allylic oxidation sites excluding steroid dienone is 4. The second-order valence-electron chi connectivity index (χ2n) is 6.60. The Morgan fingerprint density at radius 1 is 1.00 bits per heavy atom. The van der Waals surface area contributed by atoms with Crippen LogP contribution in [0.2, 0.25) is 0 Å². The fourth-order valence-corrected chi connectivity index (χ4v) is 2.93. The number of para-hydroxylation sites is 1. The van der Waals surface area contributed by atoms with E-state index in [4.69, 9.17) is 0 Å². The summed E-state index contributed by atoms with van der Waals surface area (Å²) >= 11 is 0. The Bertz CT molecular complexity index is 1190. The second kappa shape index (κ2) is 8.52. The van der Waals surface area contributed by atoms with Crippen LogP contribution in [-0.2, 0) is 16.6 Å². The number of carbonyl (C=O) groups is 3. The van der Waals surface area contributed by atoms with Crippen LogP contribution in [0.5, 0.6) is 0 Å². The Kier molecular flexibility index (Phi) is 5.87. The van der Waals surface area contributed by atoms with Gasteiger partial charge in [0.1, 0.15) is 11.4 Å². The molecule has 0 unspecified atom stereocenters. The predicted octanol–water partition coefficient (Wildman–Crippen LogP) is 2.40. The summed E-state index contributed by atoms with van der Waals surface area (Å²) in [5.41, 5.74) is 0.975. The molecular formula is C22H20N4O4. The monoisotopic (exact) mass is 404 g/mol. The number of aryl methyl sites for hydroxylation is 1. The zero-order valence-electron chi connectivity index (χ0n) is 16.7. The van der Waals surface area contributed by atoms with Gasteiger partial charge in [-0.25, -0.2) is 0 Å². The van der Waals surface area contributed by atoms with Crippen molar-refractivity contribution in [2.75, 3.05) is 5.01 Å². The zero-order valence-corrected chi connectivity index (χ0v) is 16.7. The second-order valence-corrected chi connectivity index (χ2v) is 6.60. The molecule has 0 aliphatic carbocycles. The fraction of sp³-hybridized carbons (Fsp3) is 0.136. The van der Waals surface area contributed by atoms with Crippen molar-refractivity contribution in [3.05, 3.63) is 81.8 Å². The smallest absolute Gasteiger partial charge is 0.281 e. The molecule has 30 heavy (non-hydrogen) atoms. The normalized spacial score (nSPS) is 15.6. The van der Waals surface area contributed by atoms with Crippen LogP contribution in [-0.4, -0.2) is 33.0 Å². The summed E-state index contributed by atoms with van der Waals surface area (Å²) in [4.78, 5) is 48.4. The number of H-pyrrole nitrogens is 1. The van der Waals surface area contributed by atoms with Crippen LogP contribution in [0.15, 0.2) is 70.1 Å². The van der Waals surface area contributed by atoms with Crippen molar-refractivity contribution in [1.29, 1.82) is 0 Å². The van der Waals surface area contributed by atoms with Gasteiger partial charge in [0.2, 0.25) is 0 Å². The topological polar surface area (TPSA) is 105 Å². The summed E-state index contributed by atoms with van der Waals surface area (Å²) < 4.78 is 1.23. The highest BCUT2D eigenvalue weighted by Gasteiger charge is 2.32. The maximum absolute atomic E-state index is 12.7. The maximum Gasteiger partial charge on any atom is 0.281 e. The number of nitrogens with one attached hydrogen (secondary N) is 1. The van der Waals surface area contributed by atoms with Crippen LogP contribution in [0.3, 0.4) is 0 Å². The number of anilines is 1. The molecule has 8 heteroatoms. The molecule has 0 saturated carbocycles. The van der Waals surface area contributed by atoms with Crippen molar-refractivity contribution in [2.45, 2.75) is 13.8 Å². The predicted molar refractivity (Wildman–Crippen MR) is 114 cm³/mol. The van der Waals surface area contributed by atoms with E-state index in [9.17, 15) is 19.2 Å². The lowest BCUT2D eigenvalue weighted by Crippen LogP contribution is -2.21. The minimum Gasteiger partial charge on any atom is -0.293 e. The zero-order chi connectivity index (χ0) is 21.8. The van der Waals surface area contributed by atoms with Gasteiger partial charge in [0.25, 0.3) is 11.5 Å². The van der Waals surface area contributed by atoms with E-state index in [1.165, 1.54) is 42.7 Å². The lowest BCUT2D eigenvalue weighted by Gasteiger charge is -2.10. The Morgan fingerprint density at radius 2 is 1.70 bits per heavy atom. The van der Waals surface area contributed by atoms with Gasteiger partial charge in [0.05, 0.1) is 16.8 Å². The van der Waals surface area contributed by atoms with E-state index in [1.54, 1.807) is 42.5 Å². The standard InChI is InChI=1S/C22H20N4O4/c1-14(27)19-17(21(29)25(3)23-19)12-8-5-9-13-18-20(15(2)28)24-26(22(18)30)16-10-6-4-7-11-16/h4-13,23H,1-3H3. The molecule has 0 fully saturated rings. The Labute approximate surface area is 172 Å². The van der Waals surface area contributed by atoms with E-state index < -0.39 is 5.91 Å². The highest BCUT2D eigenvalue weighted by Crippen LogP contribution is 2.23. The number of Topliss-reactive ketones (excluding diaryl/α,β-unsaturated/α-hetero) is 2. The van der Waals surface area contributed by atoms with Crippen LogP contribution >= 0.6 is 0 Å². The summed E-state index contributed by atoms with van der Waals surface area (Å²) in [5.74, 6) is -0.976. The molecule has 3 rings (SSSR count). The molecule has 1 amide bonds. The van der Waals surface area contributed by atoms with Crippen LogP contribution in [0.1, 0.15) is 29.9 Å². The Hall–Kier alpha value is -4.07. The molecule has 0 spiro atoms. The van der Waals surface area contributed by atoms with Crippen molar-refractivity contribution < 1.29 is 14.4 Å². The molecule has 2 heterocycles. The fourth-order valence-electron chi connectivity index (χ4n) is 2.93. The van der Waals surface area contributed by atoms with Crippen LogP contribution in [0, 0.1) is 0 Å². The number of hydrogen-bond donors (Lipinski definition) is 1. The molecule has 0 saturated heterocycles. The van der Waals surface area contributed by atoms with Crippen molar-refractivity contribution in [1.82, 2.24) is 9.78 Å². The van der Waals surface area contributed by atoms with E-state index in [0.717, 1.165) is 0 Å². The van der Waals surface area contributed by atoms with E-state index in [-0.39, 0.29) is 39.7 Å². The average molecular weight is 404 g/mol. The van der Waals surface area contributed by atoms with Crippen molar-refractivity contribution in [3.8, 4) is 0 Å². The number of nitrogens with zero attached hydrogens (tertiary/aromatic N) is 3. The molecule has 2 aromatic rings. The third-order valence-corrected chi connectivity index (χ3v) is 4.40. The first-order chi connectivity index (χ1) is 14.3. The number of aromatic nitrogens is 2. The highest BCUT2D eigenvalue weighted by molar-refractivity contribution is 6.54. The number of amides is 1. The summed E-state index contributed by atoms with van der Waals surface area (Å²) in [6.45, 7) is 2.72. The summed E-state index contributed by atoms with van der Waals surface area (Å²) in [6.07, 6.45) is 7.75. The molecule has 1 aromatic heterocycles. The number of rotatable bonds is 6. The molecule has 8 nitrogen and oxygen atoms in total. The molecule has 152 valence electrons. The largest absolute Gasteiger partial charge is 0.293 e. The van der Waals surface area contributed by atoms with Gasteiger partial charge in [-0.1, -0.05) is 36.4 Å². The van der Waals surface area contributed by atoms with Gasteiger partial charge in [-0.05, 0) is 24.3 Å². The minimum atomic E-state index is -0.404. The molecule has 1 aliphatic rings. The summed E-state index contributed by atoms with van der Waals surface area (Å²) in [7, 11) is 1.53. The Balaban J connectivity index is 1.84. The lowest BCUT2D eigenvalue weighted by molar-refractivity contribution is -0.115. The molecule has 1 N–H and O–H groups in total.